The van der Waals surface area contributed by atoms with Gasteiger partial charge in [-0.2, -0.15) is 0 Å². The smallest absolute Gasteiger partial charge is 0.0820 e. The zero-order valence-corrected chi connectivity index (χ0v) is 12.6. The molecule has 2 aromatic carbocycles. The molecule has 2 heteroatoms. The molecule has 3 rings (SSSR count). The van der Waals surface area contributed by atoms with Crippen LogP contribution in [-0.2, 0) is 0 Å². The van der Waals surface area contributed by atoms with Gasteiger partial charge in [0.05, 0.1) is 23.1 Å². The Balaban J connectivity index is 2.02. The Bertz CT molecular complexity index is 812. The molecule has 104 valence electrons. The summed E-state index contributed by atoms with van der Waals surface area (Å²) in [5.74, 6) is 0. The van der Waals surface area contributed by atoms with Gasteiger partial charge in [0.2, 0.25) is 0 Å². The highest BCUT2D eigenvalue weighted by Crippen LogP contribution is 2.23. The van der Waals surface area contributed by atoms with Gasteiger partial charge in [0.1, 0.15) is 0 Å². The minimum Gasteiger partial charge on any atom is -0.254 e. The summed E-state index contributed by atoms with van der Waals surface area (Å²) in [5.41, 5.74) is 6.52. The van der Waals surface area contributed by atoms with Gasteiger partial charge in [-0.25, -0.2) is 4.98 Å². The Hall–Kier alpha value is -2.48. The summed E-state index contributed by atoms with van der Waals surface area (Å²) in [4.78, 5) is 9.32. The van der Waals surface area contributed by atoms with E-state index >= 15 is 0 Å². The van der Waals surface area contributed by atoms with Crippen LogP contribution in [0.4, 0.5) is 5.69 Å². The topological polar surface area (TPSA) is 25.2 Å². The van der Waals surface area contributed by atoms with Crippen LogP contribution in [0.3, 0.4) is 0 Å². The van der Waals surface area contributed by atoms with Crippen LogP contribution >= 0.6 is 0 Å². The first-order chi connectivity index (χ1) is 10.1. The second-order valence-electron chi connectivity index (χ2n) is 5.38. The van der Waals surface area contributed by atoms with Crippen molar-refractivity contribution in [3.63, 3.8) is 0 Å². The van der Waals surface area contributed by atoms with E-state index in [0.29, 0.717) is 0 Å². The standard InChI is InChI=1S/C19H18N2/c1-13-6-4-7-14(2)18(13)20-12-17-11-10-16-9-5-8-15(3)19(16)21-17/h4-12H,1-3H3. The number of hydrogen-bond donors (Lipinski definition) is 0. The van der Waals surface area contributed by atoms with Gasteiger partial charge >= 0.3 is 0 Å². The zero-order valence-electron chi connectivity index (χ0n) is 12.6. The first kappa shape index (κ1) is 13.5. The second-order valence-corrected chi connectivity index (χ2v) is 5.38. The number of aromatic nitrogens is 1. The first-order valence-electron chi connectivity index (χ1n) is 7.12. The lowest BCUT2D eigenvalue weighted by Crippen LogP contribution is -1.91. The third-order valence-corrected chi connectivity index (χ3v) is 3.71. The molecule has 1 aromatic heterocycles. The quantitative estimate of drug-likeness (QED) is 0.609. The van der Waals surface area contributed by atoms with Crippen molar-refractivity contribution in [2.75, 3.05) is 0 Å². The van der Waals surface area contributed by atoms with Crippen molar-refractivity contribution in [1.29, 1.82) is 0 Å². The summed E-state index contributed by atoms with van der Waals surface area (Å²) in [6.45, 7) is 6.25. The van der Waals surface area contributed by atoms with E-state index in [1.807, 2.05) is 12.3 Å². The predicted octanol–water partition coefficient (Wildman–Crippen LogP) is 4.91. The van der Waals surface area contributed by atoms with E-state index in [1.54, 1.807) is 0 Å². The molecule has 1 heterocycles. The summed E-state index contributed by atoms with van der Waals surface area (Å²) in [5, 5.41) is 1.17. The molecular formula is C19H18N2. The van der Waals surface area contributed by atoms with E-state index in [4.69, 9.17) is 4.98 Å². The normalized spacial score (nSPS) is 11.4. The molecule has 0 fully saturated rings. The van der Waals surface area contributed by atoms with Gasteiger partial charge in [-0.3, -0.25) is 4.99 Å². The van der Waals surface area contributed by atoms with Crippen LogP contribution in [0.1, 0.15) is 22.4 Å². The Morgan fingerprint density at radius 2 is 1.48 bits per heavy atom. The highest BCUT2D eigenvalue weighted by Gasteiger charge is 2.01. The molecule has 0 aliphatic carbocycles. The number of rotatable bonds is 2. The minimum atomic E-state index is 0.888. The summed E-state index contributed by atoms with van der Waals surface area (Å²) in [6.07, 6.45) is 1.85. The van der Waals surface area contributed by atoms with Crippen molar-refractivity contribution in [2.45, 2.75) is 20.8 Å². The molecule has 0 amide bonds. The van der Waals surface area contributed by atoms with E-state index in [2.05, 4.69) is 68.2 Å². The van der Waals surface area contributed by atoms with Crippen LogP contribution in [0, 0.1) is 20.8 Å². The zero-order chi connectivity index (χ0) is 14.8. The van der Waals surface area contributed by atoms with Crippen molar-refractivity contribution in [1.82, 2.24) is 4.98 Å². The SMILES string of the molecule is Cc1cccc(C)c1N=Cc1ccc2cccc(C)c2n1. The van der Waals surface area contributed by atoms with Crippen molar-refractivity contribution < 1.29 is 0 Å². The molecule has 0 atom stereocenters. The molecule has 0 saturated carbocycles. The predicted molar refractivity (Wildman–Crippen MR) is 89.7 cm³/mol. The van der Waals surface area contributed by atoms with E-state index in [0.717, 1.165) is 16.9 Å². The lowest BCUT2D eigenvalue weighted by Gasteiger charge is -2.04. The number of nitrogens with zero attached hydrogens (tertiary/aromatic N) is 2. The lowest BCUT2D eigenvalue weighted by molar-refractivity contribution is 1.31. The molecule has 2 nitrogen and oxygen atoms in total. The van der Waals surface area contributed by atoms with Crippen LogP contribution in [0.2, 0.25) is 0 Å². The average Bonchev–Trinajstić information content (AvgIpc) is 2.47. The largest absolute Gasteiger partial charge is 0.254 e. The summed E-state index contributed by atoms with van der Waals surface area (Å²) in [6, 6.07) is 16.6. The van der Waals surface area contributed by atoms with Gasteiger partial charge in [0, 0.05) is 5.39 Å². The Morgan fingerprint density at radius 3 is 2.24 bits per heavy atom. The Labute approximate surface area is 125 Å². The van der Waals surface area contributed by atoms with Gasteiger partial charge in [-0.1, -0.05) is 42.5 Å². The van der Waals surface area contributed by atoms with Crippen LogP contribution in [-0.4, -0.2) is 11.2 Å². The Morgan fingerprint density at radius 1 is 0.810 bits per heavy atom. The number of fused-ring (bicyclic) bond motifs is 1. The number of pyridine rings is 1. The third-order valence-electron chi connectivity index (χ3n) is 3.71. The molecule has 0 aliphatic rings. The highest BCUT2D eigenvalue weighted by molar-refractivity contribution is 5.88. The van der Waals surface area contributed by atoms with Crippen LogP contribution in [0.5, 0.6) is 0 Å². The fraction of sp³-hybridized carbons (Fsp3) is 0.158. The molecule has 0 bridgehead atoms. The van der Waals surface area contributed by atoms with E-state index in [9.17, 15) is 0 Å². The molecule has 21 heavy (non-hydrogen) atoms. The highest BCUT2D eigenvalue weighted by atomic mass is 14.8. The molecule has 3 aromatic rings. The van der Waals surface area contributed by atoms with Gasteiger partial charge < -0.3 is 0 Å². The molecule has 0 unspecified atom stereocenters. The van der Waals surface area contributed by atoms with Crippen molar-refractivity contribution in [3.05, 3.63) is 70.9 Å². The van der Waals surface area contributed by atoms with Crippen LogP contribution in [0.25, 0.3) is 10.9 Å². The molecule has 0 radical (unpaired) electrons. The first-order valence-corrected chi connectivity index (χ1v) is 7.12. The number of aryl methyl sites for hydroxylation is 3. The number of hydrogen-bond acceptors (Lipinski definition) is 2. The maximum atomic E-state index is 4.70. The van der Waals surface area contributed by atoms with Crippen molar-refractivity contribution in [3.8, 4) is 0 Å². The van der Waals surface area contributed by atoms with E-state index < -0.39 is 0 Å². The molecule has 0 N–H and O–H groups in total. The van der Waals surface area contributed by atoms with Gasteiger partial charge in [0.15, 0.2) is 0 Å². The summed E-state index contributed by atoms with van der Waals surface area (Å²) < 4.78 is 0. The maximum Gasteiger partial charge on any atom is 0.0820 e. The van der Waals surface area contributed by atoms with E-state index in [-0.39, 0.29) is 0 Å². The van der Waals surface area contributed by atoms with Crippen molar-refractivity contribution in [2.24, 2.45) is 4.99 Å². The van der Waals surface area contributed by atoms with Crippen LogP contribution in [0.15, 0.2) is 53.5 Å². The number of para-hydroxylation sites is 2. The van der Waals surface area contributed by atoms with Gasteiger partial charge in [-0.15, -0.1) is 0 Å². The van der Waals surface area contributed by atoms with Gasteiger partial charge in [0.25, 0.3) is 0 Å². The van der Waals surface area contributed by atoms with Gasteiger partial charge in [-0.05, 0) is 43.5 Å². The molecule has 0 spiro atoms. The molecular weight excluding hydrogens is 256 g/mol. The lowest BCUT2D eigenvalue weighted by atomic mass is 10.1. The fourth-order valence-corrected chi connectivity index (χ4v) is 2.52. The van der Waals surface area contributed by atoms with E-state index in [1.165, 1.54) is 22.1 Å². The summed E-state index contributed by atoms with van der Waals surface area (Å²) in [7, 11) is 0. The van der Waals surface area contributed by atoms with Crippen molar-refractivity contribution >= 4 is 22.8 Å². The molecule has 0 saturated heterocycles. The summed E-state index contributed by atoms with van der Waals surface area (Å²) >= 11 is 0. The second kappa shape index (κ2) is 5.49. The average molecular weight is 274 g/mol. The molecule has 0 aliphatic heterocycles. The third kappa shape index (κ3) is 2.70. The van der Waals surface area contributed by atoms with Crippen LogP contribution < -0.4 is 0 Å². The fourth-order valence-electron chi connectivity index (χ4n) is 2.52. The Kier molecular flexibility index (Phi) is 3.53. The maximum absolute atomic E-state index is 4.70. The monoisotopic (exact) mass is 274 g/mol. The number of benzene rings is 2. The number of aliphatic imine (C=N–C) groups is 1. The minimum absolute atomic E-state index is 0.888.